The second-order valence-corrected chi connectivity index (χ2v) is 5.35. The van der Waals surface area contributed by atoms with Crippen LogP contribution in [-0.2, 0) is 11.3 Å². The molecule has 0 amide bonds. The number of ether oxygens (including phenoxy) is 1. The Morgan fingerprint density at radius 3 is 2.78 bits per heavy atom. The third-order valence-corrected chi connectivity index (χ3v) is 3.21. The lowest BCUT2D eigenvalue weighted by molar-refractivity contribution is 0.0247. The normalized spacial score (nSPS) is 14.5. The summed E-state index contributed by atoms with van der Waals surface area (Å²) in [6, 6.07) is 5.84. The number of rotatable bonds is 7. The van der Waals surface area contributed by atoms with Gasteiger partial charge in [-0.15, -0.1) is 0 Å². The Labute approximate surface area is 114 Å². The molecule has 4 heteroatoms. The van der Waals surface area contributed by atoms with Crippen LogP contribution in [-0.4, -0.2) is 31.0 Å². The van der Waals surface area contributed by atoms with Gasteiger partial charge in [-0.25, -0.2) is 0 Å². The Morgan fingerprint density at radius 2 is 2.17 bits per heavy atom. The van der Waals surface area contributed by atoms with Crippen molar-refractivity contribution in [3.63, 3.8) is 0 Å². The van der Waals surface area contributed by atoms with Gasteiger partial charge in [0.1, 0.15) is 0 Å². The molecule has 0 aliphatic rings. The van der Waals surface area contributed by atoms with E-state index in [0.717, 1.165) is 17.1 Å². The Kier molecular flexibility index (Phi) is 6.09. The molecule has 0 spiro atoms. The van der Waals surface area contributed by atoms with Crippen molar-refractivity contribution < 1.29 is 9.84 Å². The van der Waals surface area contributed by atoms with Gasteiger partial charge in [0, 0.05) is 38.2 Å². The van der Waals surface area contributed by atoms with E-state index < -0.39 is 5.60 Å². The zero-order valence-corrected chi connectivity index (χ0v) is 12.0. The lowest BCUT2D eigenvalue weighted by atomic mass is 10.0. The van der Waals surface area contributed by atoms with Gasteiger partial charge in [0.25, 0.3) is 0 Å². The largest absolute Gasteiger partial charge is 0.389 e. The first kappa shape index (κ1) is 15.4. The van der Waals surface area contributed by atoms with Crippen molar-refractivity contribution in [2.75, 3.05) is 20.3 Å². The highest BCUT2D eigenvalue weighted by Crippen LogP contribution is 2.15. The highest BCUT2D eigenvalue weighted by molar-refractivity contribution is 6.30. The second kappa shape index (κ2) is 7.10. The minimum atomic E-state index is -0.740. The summed E-state index contributed by atoms with van der Waals surface area (Å²) in [7, 11) is 1.64. The molecule has 0 aromatic heterocycles. The molecule has 0 saturated heterocycles. The highest BCUT2D eigenvalue weighted by Gasteiger charge is 2.19. The van der Waals surface area contributed by atoms with Crippen LogP contribution in [0, 0.1) is 6.92 Å². The molecule has 3 nitrogen and oxygen atoms in total. The molecule has 0 fully saturated rings. The molecule has 1 aromatic carbocycles. The Hall–Kier alpha value is -0.610. The van der Waals surface area contributed by atoms with Gasteiger partial charge in [0.05, 0.1) is 5.60 Å². The molecule has 2 N–H and O–H groups in total. The van der Waals surface area contributed by atoms with Crippen LogP contribution in [0.5, 0.6) is 0 Å². The van der Waals surface area contributed by atoms with Gasteiger partial charge in [-0.2, -0.15) is 0 Å². The van der Waals surface area contributed by atoms with Crippen LogP contribution in [0.15, 0.2) is 18.2 Å². The molecule has 102 valence electrons. The summed E-state index contributed by atoms with van der Waals surface area (Å²) in [5.41, 5.74) is 1.62. The average Bonchev–Trinajstić information content (AvgIpc) is 2.29. The summed E-state index contributed by atoms with van der Waals surface area (Å²) in [4.78, 5) is 0. The van der Waals surface area contributed by atoms with Crippen LogP contribution in [0.1, 0.15) is 24.5 Å². The molecule has 1 rings (SSSR count). The summed E-state index contributed by atoms with van der Waals surface area (Å²) in [5.74, 6) is 0. The van der Waals surface area contributed by atoms with Gasteiger partial charge in [-0.1, -0.05) is 17.7 Å². The summed E-state index contributed by atoms with van der Waals surface area (Å²) in [6.07, 6.45) is 0.621. The first-order valence-corrected chi connectivity index (χ1v) is 6.49. The Balaban J connectivity index is 2.41. The molecule has 0 aliphatic heterocycles. The zero-order valence-electron chi connectivity index (χ0n) is 11.3. The van der Waals surface area contributed by atoms with E-state index in [1.54, 1.807) is 7.11 Å². The molecule has 0 bridgehead atoms. The van der Waals surface area contributed by atoms with Crippen molar-refractivity contribution >= 4 is 11.6 Å². The standard InChI is InChI=1S/C14H22ClNO2/c1-11-8-13(15)5-4-12(11)9-16-10-14(2,17)6-7-18-3/h4-5,8,16-17H,6-7,9-10H2,1-3H3. The van der Waals surface area contributed by atoms with Crippen LogP contribution in [0.25, 0.3) is 0 Å². The Morgan fingerprint density at radius 1 is 1.44 bits per heavy atom. The third kappa shape index (κ3) is 5.36. The topological polar surface area (TPSA) is 41.5 Å². The Bertz CT molecular complexity index is 380. The summed E-state index contributed by atoms with van der Waals surface area (Å²) in [5, 5.41) is 14.1. The minimum Gasteiger partial charge on any atom is -0.389 e. The van der Waals surface area contributed by atoms with Crippen LogP contribution in [0.4, 0.5) is 0 Å². The van der Waals surface area contributed by atoms with Gasteiger partial charge in [-0.05, 0) is 37.1 Å². The molecule has 0 radical (unpaired) electrons. The third-order valence-electron chi connectivity index (χ3n) is 2.97. The molecular formula is C14H22ClNO2. The molecule has 0 saturated carbocycles. The van der Waals surface area contributed by atoms with Crippen molar-refractivity contribution in [2.24, 2.45) is 0 Å². The number of halogens is 1. The summed E-state index contributed by atoms with van der Waals surface area (Å²) < 4.78 is 4.97. The van der Waals surface area contributed by atoms with Crippen molar-refractivity contribution in [1.82, 2.24) is 5.32 Å². The van der Waals surface area contributed by atoms with E-state index in [1.807, 2.05) is 32.0 Å². The van der Waals surface area contributed by atoms with Crippen LogP contribution < -0.4 is 5.32 Å². The number of benzene rings is 1. The van der Waals surface area contributed by atoms with Gasteiger partial charge < -0.3 is 15.2 Å². The van der Waals surface area contributed by atoms with Gasteiger partial charge in [0.15, 0.2) is 0 Å². The van der Waals surface area contributed by atoms with E-state index in [-0.39, 0.29) is 0 Å². The highest BCUT2D eigenvalue weighted by atomic mass is 35.5. The monoisotopic (exact) mass is 271 g/mol. The maximum absolute atomic E-state index is 10.1. The summed E-state index contributed by atoms with van der Waals surface area (Å²) >= 11 is 5.91. The number of methoxy groups -OCH3 is 1. The van der Waals surface area contributed by atoms with E-state index in [0.29, 0.717) is 19.6 Å². The molecule has 0 aliphatic carbocycles. The maximum Gasteiger partial charge on any atom is 0.0765 e. The average molecular weight is 272 g/mol. The van der Waals surface area contributed by atoms with E-state index in [4.69, 9.17) is 16.3 Å². The molecule has 0 heterocycles. The van der Waals surface area contributed by atoms with Crippen molar-refractivity contribution in [2.45, 2.75) is 32.4 Å². The van der Waals surface area contributed by atoms with E-state index >= 15 is 0 Å². The molecule has 18 heavy (non-hydrogen) atoms. The first-order valence-electron chi connectivity index (χ1n) is 6.12. The van der Waals surface area contributed by atoms with Gasteiger partial charge in [-0.3, -0.25) is 0 Å². The summed E-state index contributed by atoms with van der Waals surface area (Å²) in [6.45, 7) is 5.68. The SMILES string of the molecule is COCCC(C)(O)CNCc1ccc(Cl)cc1C. The molecule has 1 atom stereocenters. The van der Waals surface area contributed by atoms with E-state index in [2.05, 4.69) is 5.32 Å². The number of hydrogen-bond donors (Lipinski definition) is 2. The smallest absolute Gasteiger partial charge is 0.0765 e. The van der Waals surface area contributed by atoms with Crippen LogP contribution in [0.2, 0.25) is 5.02 Å². The minimum absolute atomic E-state index is 0.540. The molecular weight excluding hydrogens is 250 g/mol. The predicted molar refractivity (Wildman–Crippen MR) is 75.0 cm³/mol. The fourth-order valence-corrected chi connectivity index (χ4v) is 1.96. The van der Waals surface area contributed by atoms with Crippen molar-refractivity contribution in [3.05, 3.63) is 34.3 Å². The fraction of sp³-hybridized carbons (Fsp3) is 0.571. The number of hydrogen-bond acceptors (Lipinski definition) is 3. The second-order valence-electron chi connectivity index (χ2n) is 4.91. The lowest BCUT2D eigenvalue weighted by Crippen LogP contribution is -2.38. The van der Waals surface area contributed by atoms with E-state index in [1.165, 1.54) is 5.56 Å². The lowest BCUT2D eigenvalue weighted by Gasteiger charge is -2.23. The van der Waals surface area contributed by atoms with Crippen LogP contribution >= 0.6 is 11.6 Å². The van der Waals surface area contributed by atoms with E-state index in [9.17, 15) is 5.11 Å². The maximum atomic E-state index is 10.1. The number of aliphatic hydroxyl groups is 1. The van der Waals surface area contributed by atoms with Gasteiger partial charge >= 0.3 is 0 Å². The van der Waals surface area contributed by atoms with Crippen molar-refractivity contribution in [3.8, 4) is 0 Å². The predicted octanol–water partition coefficient (Wildman–Crippen LogP) is 2.53. The fourth-order valence-electron chi connectivity index (χ4n) is 1.73. The van der Waals surface area contributed by atoms with Crippen molar-refractivity contribution in [1.29, 1.82) is 0 Å². The quantitative estimate of drug-likeness (QED) is 0.801. The molecule has 1 aromatic rings. The molecule has 1 unspecified atom stereocenters. The number of nitrogens with one attached hydrogen (secondary N) is 1. The zero-order chi connectivity index (χ0) is 13.6. The van der Waals surface area contributed by atoms with Crippen LogP contribution in [0.3, 0.4) is 0 Å². The first-order chi connectivity index (χ1) is 8.44. The van der Waals surface area contributed by atoms with Gasteiger partial charge in [0.2, 0.25) is 0 Å². The number of aryl methyl sites for hydroxylation is 1.